The number of benzene rings is 2. The Morgan fingerprint density at radius 1 is 1.09 bits per heavy atom. The predicted octanol–water partition coefficient (Wildman–Crippen LogP) is 3.21. The lowest BCUT2D eigenvalue weighted by atomic mass is 10.1. The van der Waals surface area contributed by atoms with Crippen LogP contribution in [0.1, 0.15) is 17.5 Å². The van der Waals surface area contributed by atoms with Gasteiger partial charge in [0.1, 0.15) is 5.75 Å². The van der Waals surface area contributed by atoms with Crippen LogP contribution in [0.5, 0.6) is 5.75 Å². The fourth-order valence-electron chi connectivity index (χ4n) is 2.44. The summed E-state index contributed by atoms with van der Waals surface area (Å²) in [7, 11) is 1.79. The number of rotatable bonds is 9. The number of carbonyl (C=O) groups is 1. The summed E-state index contributed by atoms with van der Waals surface area (Å²) in [5.41, 5.74) is 2.37. The molecule has 0 spiro atoms. The number of ether oxygens (including phenoxy) is 1. The summed E-state index contributed by atoms with van der Waals surface area (Å²) < 4.78 is 5.80. The summed E-state index contributed by atoms with van der Waals surface area (Å²) in [5.74, 6) is 0.0140. The van der Waals surface area contributed by atoms with E-state index in [0.29, 0.717) is 13.2 Å². The molecule has 2 aromatic carbocycles. The Kier molecular flexibility index (Phi) is 6.63. The third-order valence-electron chi connectivity index (χ3n) is 3.48. The molecule has 2 aromatic rings. The van der Waals surface area contributed by atoms with Gasteiger partial charge in [-0.1, -0.05) is 42.5 Å². The molecular formula is C19H23NO3. The van der Waals surface area contributed by atoms with Crippen molar-refractivity contribution in [1.82, 2.24) is 4.90 Å². The highest BCUT2D eigenvalue weighted by molar-refractivity contribution is 5.69. The van der Waals surface area contributed by atoms with Gasteiger partial charge in [-0.2, -0.15) is 0 Å². The summed E-state index contributed by atoms with van der Waals surface area (Å²) in [5, 5.41) is 8.79. The normalized spacial score (nSPS) is 10.7. The minimum absolute atomic E-state index is 0.0299. The standard InChI is InChI=1S/C19H23NO3/c1-20(15-19(21)22)14-17-9-5-11-18(13-17)23-12-6-10-16-7-3-2-4-8-16/h2-5,7-9,11,13H,6,10,12,14-15H2,1H3,(H,21,22). The third-order valence-corrected chi connectivity index (χ3v) is 3.48. The molecule has 4 nitrogen and oxygen atoms in total. The number of nitrogens with zero attached hydrogens (tertiary/aromatic N) is 1. The van der Waals surface area contributed by atoms with Crippen LogP contribution in [-0.4, -0.2) is 36.2 Å². The molecule has 0 bridgehead atoms. The Bertz CT molecular complexity index is 613. The number of carboxylic acids is 1. The van der Waals surface area contributed by atoms with Gasteiger partial charge in [0.05, 0.1) is 13.2 Å². The fraction of sp³-hybridized carbons (Fsp3) is 0.316. The first kappa shape index (κ1) is 17.0. The van der Waals surface area contributed by atoms with E-state index in [0.717, 1.165) is 24.2 Å². The van der Waals surface area contributed by atoms with Crippen molar-refractivity contribution >= 4 is 5.97 Å². The first-order valence-corrected chi connectivity index (χ1v) is 7.79. The first-order valence-electron chi connectivity index (χ1n) is 7.79. The van der Waals surface area contributed by atoms with Crippen molar-refractivity contribution in [3.8, 4) is 5.75 Å². The van der Waals surface area contributed by atoms with Gasteiger partial charge in [-0.15, -0.1) is 0 Å². The molecule has 0 fully saturated rings. The second kappa shape index (κ2) is 8.96. The molecule has 1 N–H and O–H groups in total. The molecule has 2 rings (SSSR count). The highest BCUT2D eigenvalue weighted by Crippen LogP contribution is 2.15. The van der Waals surface area contributed by atoms with Crippen LogP contribution < -0.4 is 4.74 Å². The zero-order valence-corrected chi connectivity index (χ0v) is 13.4. The van der Waals surface area contributed by atoms with Gasteiger partial charge in [-0.05, 0) is 43.1 Å². The van der Waals surface area contributed by atoms with Crippen molar-refractivity contribution in [2.24, 2.45) is 0 Å². The van der Waals surface area contributed by atoms with Crippen LogP contribution in [0, 0.1) is 0 Å². The van der Waals surface area contributed by atoms with Gasteiger partial charge in [0.25, 0.3) is 0 Å². The SMILES string of the molecule is CN(CC(=O)O)Cc1cccc(OCCCc2ccccc2)c1. The van der Waals surface area contributed by atoms with Crippen LogP contribution in [0.2, 0.25) is 0 Å². The highest BCUT2D eigenvalue weighted by atomic mass is 16.5. The molecular weight excluding hydrogens is 290 g/mol. The first-order chi connectivity index (χ1) is 11.1. The third kappa shape index (κ3) is 6.53. The summed E-state index contributed by atoms with van der Waals surface area (Å²) in [6.07, 6.45) is 1.97. The zero-order valence-electron chi connectivity index (χ0n) is 13.4. The minimum atomic E-state index is -0.819. The van der Waals surface area contributed by atoms with E-state index in [-0.39, 0.29) is 6.54 Å². The van der Waals surface area contributed by atoms with Crippen molar-refractivity contribution in [3.63, 3.8) is 0 Å². The summed E-state index contributed by atoms with van der Waals surface area (Å²) in [4.78, 5) is 12.5. The summed E-state index contributed by atoms with van der Waals surface area (Å²) >= 11 is 0. The lowest BCUT2D eigenvalue weighted by molar-refractivity contribution is -0.138. The molecule has 0 radical (unpaired) electrons. The summed E-state index contributed by atoms with van der Waals surface area (Å²) in [6, 6.07) is 18.2. The Morgan fingerprint density at radius 3 is 2.57 bits per heavy atom. The molecule has 122 valence electrons. The molecule has 0 aromatic heterocycles. The average Bonchev–Trinajstić information content (AvgIpc) is 2.52. The molecule has 0 amide bonds. The molecule has 0 heterocycles. The van der Waals surface area contributed by atoms with Crippen LogP contribution in [0.3, 0.4) is 0 Å². The second-order valence-electron chi connectivity index (χ2n) is 5.65. The van der Waals surface area contributed by atoms with Gasteiger partial charge in [-0.3, -0.25) is 9.69 Å². The second-order valence-corrected chi connectivity index (χ2v) is 5.65. The van der Waals surface area contributed by atoms with Crippen LogP contribution in [0.15, 0.2) is 54.6 Å². The average molecular weight is 313 g/mol. The molecule has 0 saturated carbocycles. The van der Waals surface area contributed by atoms with E-state index in [1.165, 1.54) is 5.56 Å². The van der Waals surface area contributed by atoms with Crippen molar-refractivity contribution in [3.05, 3.63) is 65.7 Å². The number of aryl methyl sites for hydroxylation is 1. The van der Waals surface area contributed by atoms with E-state index in [4.69, 9.17) is 9.84 Å². The topological polar surface area (TPSA) is 49.8 Å². The van der Waals surface area contributed by atoms with Crippen molar-refractivity contribution in [2.75, 3.05) is 20.2 Å². The van der Waals surface area contributed by atoms with E-state index in [2.05, 4.69) is 12.1 Å². The summed E-state index contributed by atoms with van der Waals surface area (Å²) in [6.45, 7) is 1.29. The maximum Gasteiger partial charge on any atom is 0.317 e. The van der Waals surface area contributed by atoms with Gasteiger partial charge in [-0.25, -0.2) is 0 Å². The highest BCUT2D eigenvalue weighted by Gasteiger charge is 2.05. The van der Waals surface area contributed by atoms with E-state index in [1.54, 1.807) is 11.9 Å². The molecule has 0 unspecified atom stereocenters. The minimum Gasteiger partial charge on any atom is -0.494 e. The Labute approximate surface area is 137 Å². The number of carboxylic acid groups (broad SMARTS) is 1. The monoisotopic (exact) mass is 313 g/mol. The van der Waals surface area contributed by atoms with Crippen LogP contribution in [0.4, 0.5) is 0 Å². The van der Waals surface area contributed by atoms with Crippen molar-refractivity contribution in [2.45, 2.75) is 19.4 Å². The molecule has 0 aliphatic rings. The van der Waals surface area contributed by atoms with E-state index in [1.807, 2.05) is 42.5 Å². The molecule has 0 atom stereocenters. The van der Waals surface area contributed by atoms with Gasteiger partial charge in [0, 0.05) is 6.54 Å². The van der Waals surface area contributed by atoms with Gasteiger partial charge >= 0.3 is 5.97 Å². The predicted molar refractivity (Wildman–Crippen MR) is 90.7 cm³/mol. The number of likely N-dealkylation sites (N-methyl/N-ethyl adjacent to an activating group) is 1. The van der Waals surface area contributed by atoms with Gasteiger partial charge < -0.3 is 9.84 Å². The van der Waals surface area contributed by atoms with Crippen molar-refractivity contribution in [1.29, 1.82) is 0 Å². The lowest BCUT2D eigenvalue weighted by Gasteiger charge is -2.14. The smallest absolute Gasteiger partial charge is 0.317 e. The molecule has 23 heavy (non-hydrogen) atoms. The van der Waals surface area contributed by atoms with E-state index >= 15 is 0 Å². The Balaban J connectivity index is 1.77. The van der Waals surface area contributed by atoms with Crippen LogP contribution >= 0.6 is 0 Å². The van der Waals surface area contributed by atoms with E-state index < -0.39 is 5.97 Å². The Hall–Kier alpha value is -2.33. The molecule has 0 saturated heterocycles. The van der Waals surface area contributed by atoms with Crippen LogP contribution in [0.25, 0.3) is 0 Å². The van der Waals surface area contributed by atoms with Gasteiger partial charge in [0.15, 0.2) is 0 Å². The van der Waals surface area contributed by atoms with E-state index in [9.17, 15) is 4.79 Å². The molecule has 0 aliphatic carbocycles. The zero-order chi connectivity index (χ0) is 16.5. The maximum absolute atomic E-state index is 10.7. The largest absolute Gasteiger partial charge is 0.494 e. The maximum atomic E-state index is 10.7. The van der Waals surface area contributed by atoms with Gasteiger partial charge in [0.2, 0.25) is 0 Å². The van der Waals surface area contributed by atoms with Crippen molar-refractivity contribution < 1.29 is 14.6 Å². The number of hydrogen-bond acceptors (Lipinski definition) is 3. The molecule has 0 aliphatic heterocycles. The fourth-order valence-corrected chi connectivity index (χ4v) is 2.44. The Morgan fingerprint density at radius 2 is 1.83 bits per heavy atom. The number of aliphatic carboxylic acids is 1. The quantitative estimate of drug-likeness (QED) is 0.722. The number of hydrogen-bond donors (Lipinski definition) is 1. The van der Waals surface area contributed by atoms with Crippen LogP contribution in [-0.2, 0) is 17.8 Å². The molecule has 4 heteroatoms. The lowest BCUT2D eigenvalue weighted by Crippen LogP contribution is -2.25.